The molecule has 1 saturated heterocycles. The lowest BCUT2D eigenvalue weighted by molar-refractivity contribution is 0.0767. The van der Waals surface area contributed by atoms with Gasteiger partial charge in [0.2, 0.25) is 10.0 Å². The molecule has 1 N–H and O–H groups in total. The van der Waals surface area contributed by atoms with Gasteiger partial charge in [0, 0.05) is 44.0 Å². The van der Waals surface area contributed by atoms with Crippen molar-refractivity contribution in [1.82, 2.24) is 9.62 Å². The monoisotopic (exact) mass is 417 g/mol. The van der Waals surface area contributed by atoms with Crippen LogP contribution in [0.4, 0.5) is 10.1 Å². The third kappa shape index (κ3) is 5.21. The Morgan fingerprint density at radius 2 is 1.72 bits per heavy atom. The lowest BCUT2D eigenvalue weighted by atomic mass is 10.2. The lowest BCUT2D eigenvalue weighted by Gasteiger charge is -2.23. The van der Waals surface area contributed by atoms with E-state index in [4.69, 9.17) is 0 Å². The highest BCUT2D eigenvalue weighted by molar-refractivity contribution is 7.89. The number of rotatable bonds is 6. The summed E-state index contributed by atoms with van der Waals surface area (Å²) in [7, 11) is -3.62. The van der Waals surface area contributed by atoms with E-state index in [2.05, 4.69) is 16.2 Å². The van der Waals surface area contributed by atoms with Crippen LogP contribution in [0.25, 0.3) is 0 Å². The second-order valence-corrected chi connectivity index (χ2v) is 8.54. The van der Waals surface area contributed by atoms with Crippen molar-refractivity contribution in [3.05, 3.63) is 72.6 Å². The molecule has 0 bridgehead atoms. The van der Waals surface area contributed by atoms with Gasteiger partial charge in [-0.3, -0.25) is 4.79 Å². The second kappa shape index (κ2) is 9.19. The van der Waals surface area contributed by atoms with Crippen LogP contribution in [-0.4, -0.2) is 51.9 Å². The summed E-state index contributed by atoms with van der Waals surface area (Å²) in [5.74, 6) is -0.403. The molecule has 0 unspecified atom stereocenters. The summed E-state index contributed by atoms with van der Waals surface area (Å²) in [5, 5.41) is 0. The molecule has 1 fully saturated rings. The van der Waals surface area contributed by atoms with Crippen molar-refractivity contribution in [2.75, 3.05) is 37.6 Å². The number of carbonyl (C=O) groups is 1. The van der Waals surface area contributed by atoms with Gasteiger partial charge in [0.1, 0.15) is 5.82 Å². The first-order valence-corrected chi connectivity index (χ1v) is 10.9. The Labute approximate surface area is 170 Å². The molecule has 1 heterocycles. The van der Waals surface area contributed by atoms with E-state index in [1.54, 1.807) is 17.0 Å². The van der Waals surface area contributed by atoms with Crippen LogP contribution < -0.4 is 9.62 Å². The highest BCUT2D eigenvalue weighted by Crippen LogP contribution is 2.18. The zero-order chi connectivity index (χ0) is 20.9. The quantitative estimate of drug-likeness (QED) is 0.734. The van der Waals surface area contributed by atoms with Gasteiger partial charge in [0.25, 0.3) is 5.91 Å². The average Bonchev–Trinajstić information content (AvgIpc) is 2.99. The van der Waals surface area contributed by atoms with Gasteiger partial charge < -0.3 is 9.80 Å². The first-order valence-electron chi connectivity index (χ1n) is 9.41. The van der Waals surface area contributed by atoms with Crippen molar-refractivity contribution in [3.63, 3.8) is 0 Å². The number of halogens is 1. The molecule has 6 nitrogen and oxygen atoms in total. The number of benzene rings is 2. The van der Waals surface area contributed by atoms with E-state index >= 15 is 0 Å². The molecule has 1 amide bonds. The Balaban J connectivity index is 1.66. The molecule has 0 radical (unpaired) electrons. The SMILES string of the molecule is C=CCNS(=O)(=O)c1ccc(C(=O)N2CCCN(c3ccc(F)cc3)CC2)cc1. The van der Waals surface area contributed by atoms with Crippen LogP contribution in [0.2, 0.25) is 0 Å². The van der Waals surface area contributed by atoms with Crippen molar-refractivity contribution >= 4 is 21.6 Å². The van der Waals surface area contributed by atoms with Gasteiger partial charge in [-0.2, -0.15) is 0 Å². The lowest BCUT2D eigenvalue weighted by Crippen LogP contribution is -2.35. The highest BCUT2D eigenvalue weighted by atomic mass is 32.2. The Hall–Kier alpha value is -2.71. The van der Waals surface area contributed by atoms with Crippen LogP contribution in [0.5, 0.6) is 0 Å². The molecular weight excluding hydrogens is 393 g/mol. The Bertz CT molecular complexity index is 960. The molecule has 1 aliphatic rings. The Morgan fingerprint density at radius 1 is 1.03 bits per heavy atom. The van der Waals surface area contributed by atoms with E-state index in [0.717, 1.165) is 18.7 Å². The second-order valence-electron chi connectivity index (χ2n) is 6.77. The summed E-state index contributed by atoms with van der Waals surface area (Å²) in [4.78, 5) is 16.9. The fourth-order valence-electron chi connectivity index (χ4n) is 3.24. The number of nitrogens with zero attached hydrogens (tertiary/aromatic N) is 2. The van der Waals surface area contributed by atoms with Crippen molar-refractivity contribution in [2.24, 2.45) is 0 Å². The van der Waals surface area contributed by atoms with E-state index in [9.17, 15) is 17.6 Å². The molecule has 0 spiro atoms. The van der Waals surface area contributed by atoms with E-state index in [1.165, 1.54) is 42.5 Å². The normalized spacial score (nSPS) is 15.1. The van der Waals surface area contributed by atoms with E-state index in [1.807, 2.05) is 0 Å². The fourth-order valence-corrected chi connectivity index (χ4v) is 4.24. The van der Waals surface area contributed by atoms with Crippen molar-refractivity contribution in [2.45, 2.75) is 11.3 Å². The third-order valence-corrected chi connectivity index (χ3v) is 6.24. The van der Waals surface area contributed by atoms with Crippen LogP contribution in [0, 0.1) is 5.82 Å². The first kappa shape index (κ1) is 21.0. The number of carbonyl (C=O) groups excluding carboxylic acids is 1. The van der Waals surface area contributed by atoms with Crippen LogP contribution in [0.3, 0.4) is 0 Å². The molecule has 1 aliphatic heterocycles. The van der Waals surface area contributed by atoms with Crippen molar-refractivity contribution < 1.29 is 17.6 Å². The van der Waals surface area contributed by atoms with Gasteiger partial charge in [-0.05, 0) is 55.0 Å². The summed E-state index contributed by atoms with van der Waals surface area (Å²) >= 11 is 0. The summed E-state index contributed by atoms with van der Waals surface area (Å²) in [6, 6.07) is 12.3. The Kier molecular flexibility index (Phi) is 6.66. The number of amides is 1. The minimum absolute atomic E-state index is 0.106. The van der Waals surface area contributed by atoms with Gasteiger partial charge in [-0.15, -0.1) is 6.58 Å². The van der Waals surface area contributed by atoms with Gasteiger partial charge >= 0.3 is 0 Å². The summed E-state index contributed by atoms with van der Waals surface area (Å²) in [5.41, 5.74) is 1.38. The molecule has 154 valence electrons. The zero-order valence-electron chi connectivity index (χ0n) is 16.1. The maximum atomic E-state index is 13.1. The predicted molar refractivity (Wildman–Crippen MR) is 111 cm³/mol. The van der Waals surface area contributed by atoms with Crippen LogP contribution in [-0.2, 0) is 10.0 Å². The highest BCUT2D eigenvalue weighted by Gasteiger charge is 2.21. The average molecular weight is 418 g/mol. The van der Waals surface area contributed by atoms with Gasteiger partial charge in [0.15, 0.2) is 0 Å². The predicted octanol–water partition coefficient (Wildman–Crippen LogP) is 2.64. The van der Waals surface area contributed by atoms with Gasteiger partial charge in [-0.1, -0.05) is 6.08 Å². The van der Waals surface area contributed by atoms with Crippen molar-refractivity contribution in [3.8, 4) is 0 Å². The fraction of sp³-hybridized carbons (Fsp3) is 0.286. The summed E-state index contributed by atoms with van der Waals surface area (Å²) in [6.07, 6.45) is 2.26. The number of anilines is 1. The standard InChI is InChI=1S/C21H24FN3O3S/c1-2-12-23-29(27,28)20-10-4-17(5-11-20)21(26)25-14-3-13-24(15-16-25)19-8-6-18(22)7-9-19/h2,4-11,23H,1,3,12-16H2. The number of hydrogen-bond donors (Lipinski definition) is 1. The van der Waals surface area contributed by atoms with Gasteiger partial charge in [0.05, 0.1) is 4.90 Å². The third-order valence-electron chi connectivity index (χ3n) is 4.80. The number of sulfonamides is 1. The topological polar surface area (TPSA) is 69.7 Å². The molecule has 0 saturated carbocycles. The largest absolute Gasteiger partial charge is 0.370 e. The molecule has 8 heteroatoms. The summed E-state index contributed by atoms with van der Waals surface area (Å²) in [6.45, 7) is 6.20. The Morgan fingerprint density at radius 3 is 2.38 bits per heavy atom. The molecular formula is C21H24FN3O3S. The maximum absolute atomic E-state index is 13.1. The number of hydrogen-bond acceptors (Lipinski definition) is 4. The molecule has 0 aromatic heterocycles. The molecule has 3 rings (SSSR count). The molecule has 2 aromatic rings. The minimum atomic E-state index is -3.62. The van der Waals surface area contributed by atoms with Crippen LogP contribution in [0.15, 0.2) is 66.1 Å². The van der Waals surface area contributed by atoms with Crippen molar-refractivity contribution in [1.29, 1.82) is 0 Å². The minimum Gasteiger partial charge on any atom is -0.370 e. The van der Waals surface area contributed by atoms with E-state index in [-0.39, 0.29) is 23.2 Å². The number of nitrogens with one attached hydrogen (secondary N) is 1. The first-order chi connectivity index (χ1) is 13.9. The van der Waals surface area contributed by atoms with Gasteiger partial charge in [-0.25, -0.2) is 17.5 Å². The smallest absolute Gasteiger partial charge is 0.253 e. The maximum Gasteiger partial charge on any atom is 0.253 e. The zero-order valence-corrected chi connectivity index (χ0v) is 16.9. The van der Waals surface area contributed by atoms with Crippen LogP contribution >= 0.6 is 0 Å². The van der Waals surface area contributed by atoms with Crippen LogP contribution in [0.1, 0.15) is 16.8 Å². The van der Waals surface area contributed by atoms with E-state index in [0.29, 0.717) is 25.2 Å². The molecule has 29 heavy (non-hydrogen) atoms. The molecule has 0 atom stereocenters. The van der Waals surface area contributed by atoms with E-state index < -0.39 is 10.0 Å². The summed E-state index contributed by atoms with van der Waals surface area (Å²) < 4.78 is 39.8. The molecule has 2 aromatic carbocycles. The molecule has 0 aliphatic carbocycles.